The fourth-order valence-corrected chi connectivity index (χ4v) is 4.21. The molecule has 1 aromatic heterocycles. The minimum Gasteiger partial charge on any atom is -0.393 e. The summed E-state index contributed by atoms with van der Waals surface area (Å²) >= 11 is 0. The van der Waals surface area contributed by atoms with Crippen molar-refractivity contribution in [3.8, 4) is 0 Å². The Hall–Kier alpha value is -3.08. The highest BCUT2D eigenvalue weighted by Gasteiger charge is 2.58. The lowest BCUT2D eigenvalue weighted by Gasteiger charge is -2.34. The number of aromatic nitrogens is 2. The standard InChI is InChI=1S/C25H28N2O7/c28-16-24(17-29)21(33-15-20-9-5-2-6-10-20)13-25(34-24,27-12-11-22(30)26-23(27)31)18-32-14-19-7-3-1-4-8-19/h1-12,21,28-29H,13-18H2,(H,26,30,31)/t21-,25-/m0/s1. The van der Waals surface area contributed by atoms with E-state index in [0.29, 0.717) is 0 Å². The summed E-state index contributed by atoms with van der Waals surface area (Å²) in [6.45, 7) is -0.688. The molecule has 0 unspecified atom stereocenters. The molecule has 4 rings (SSSR count). The van der Waals surface area contributed by atoms with E-state index in [1.165, 1.54) is 16.8 Å². The zero-order valence-corrected chi connectivity index (χ0v) is 18.6. The first-order chi connectivity index (χ1) is 16.5. The zero-order valence-electron chi connectivity index (χ0n) is 18.6. The third-order valence-corrected chi connectivity index (χ3v) is 6.02. The monoisotopic (exact) mass is 468 g/mol. The maximum absolute atomic E-state index is 12.7. The minimum atomic E-state index is -1.49. The number of rotatable bonds is 10. The van der Waals surface area contributed by atoms with Crippen molar-refractivity contribution in [2.45, 2.75) is 37.1 Å². The van der Waals surface area contributed by atoms with Crippen molar-refractivity contribution in [1.29, 1.82) is 0 Å². The number of H-pyrrole nitrogens is 1. The Balaban J connectivity index is 1.64. The number of benzene rings is 2. The van der Waals surface area contributed by atoms with Crippen LogP contribution in [0.4, 0.5) is 0 Å². The molecule has 9 heteroatoms. The summed E-state index contributed by atoms with van der Waals surface area (Å²) in [5.74, 6) is 0. The van der Waals surface area contributed by atoms with Crippen molar-refractivity contribution in [3.05, 3.63) is 105 Å². The molecular weight excluding hydrogens is 440 g/mol. The van der Waals surface area contributed by atoms with Crippen LogP contribution in [0.5, 0.6) is 0 Å². The van der Waals surface area contributed by atoms with Crippen molar-refractivity contribution in [1.82, 2.24) is 9.55 Å². The van der Waals surface area contributed by atoms with E-state index in [2.05, 4.69) is 4.98 Å². The van der Waals surface area contributed by atoms with Gasteiger partial charge in [0, 0.05) is 18.7 Å². The molecule has 180 valence electrons. The van der Waals surface area contributed by atoms with Gasteiger partial charge in [0.05, 0.1) is 39.1 Å². The van der Waals surface area contributed by atoms with Gasteiger partial charge in [-0.1, -0.05) is 60.7 Å². The number of aliphatic hydroxyl groups excluding tert-OH is 2. The number of nitrogens with zero attached hydrogens (tertiary/aromatic N) is 1. The molecule has 2 atom stereocenters. The molecule has 9 nitrogen and oxygen atoms in total. The highest BCUT2D eigenvalue weighted by Crippen LogP contribution is 2.43. The summed E-state index contributed by atoms with van der Waals surface area (Å²) < 4.78 is 19.5. The summed E-state index contributed by atoms with van der Waals surface area (Å²) in [5, 5.41) is 20.5. The lowest BCUT2D eigenvalue weighted by Crippen LogP contribution is -2.51. The first kappa shape index (κ1) is 24.1. The van der Waals surface area contributed by atoms with Crippen molar-refractivity contribution in [2.75, 3.05) is 19.8 Å². The van der Waals surface area contributed by atoms with E-state index in [1.54, 1.807) is 0 Å². The van der Waals surface area contributed by atoms with Crippen LogP contribution in [0, 0.1) is 0 Å². The fourth-order valence-electron chi connectivity index (χ4n) is 4.21. The average Bonchev–Trinajstić information content (AvgIpc) is 3.19. The van der Waals surface area contributed by atoms with Gasteiger partial charge in [0.2, 0.25) is 0 Å². The molecule has 1 saturated heterocycles. The SMILES string of the molecule is O=c1ccn([C@@]2(COCc3ccccc3)C[C@H](OCc3ccccc3)C(CO)(CO)O2)c(=O)[nH]1. The van der Waals surface area contributed by atoms with Crippen molar-refractivity contribution in [3.63, 3.8) is 0 Å². The topological polar surface area (TPSA) is 123 Å². The summed E-state index contributed by atoms with van der Waals surface area (Å²) in [4.78, 5) is 26.7. The predicted octanol–water partition coefficient (Wildman–Crippen LogP) is 1.14. The number of hydrogen-bond acceptors (Lipinski definition) is 7. The smallest absolute Gasteiger partial charge is 0.330 e. The molecule has 1 fully saturated rings. The molecular formula is C25H28N2O7. The van der Waals surface area contributed by atoms with Crippen LogP contribution in [0.1, 0.15) is 17.5 Å². The number of aromatic amines is 1. The molecule has 0 aliphatic carbocycles. The van der Waals surface area contributed by atoms with Crippen LogP contribution in [-0.2, 0) is 33.1 Å². The van der Waals surface area contributed by atoms with Crippen LogP contribution in [0.2, 0.25) is 0 Å². The van der Waals surface area contributed by atoms with E-state index in [9.17, 15) is 19.8 Å². The molecule has 0 spiro atoms. The molecule has 0 bridgehead atoms. The average molecular weight is 469 g/mol. The Labute approximate surface area is 196 Å². The number of hydrogen-bond donors (Lipinski definition) is 3. The van der Waals surface area contributed by atoms with Crippen LogP contribution in [0.25, 0.3) is 0 Å². The molecule has 2 aromatic carbocycles. The third kappa shape index (κ3) is 5.03. The van der Waals surface area contributed by atoms with Crippen molar-refractivity contribution < 1.29 is 24.4 Å². The van der Waals surface area contributed by atoms with E-state index in [-0.39, 0.29) is 26.2 Å². The maximum Gasteiger partial charge on any atom is 0.330 e. The van der Waals surface area contributed by atoms with Gasteiger partial charge in [0.1, 0.15) is 5.60 Å². The lowest BCUT2D eigenvalue weighted by atomic mass is 9.96. The van der Waals surface area contributed by atoms with Gasteiger partial charge in [-0.25, -0.2) is 4.79 Å². The van der Waals surface area contributed by atoms with E-state index >= 15 is 0 Å². The van der Waals surface area contributed by atoms with Crippen molar-refractivity contribution >= 4 is 0 Å². The van der Waals surface area contributed by atoms with Gasteiger partial charge in [-0.15, -0.1) is 0 Å². The van der Waals surface area contributed by atoms with Crippen LogP contribution in [0.3, 0.4) is 0 Å². The van der Waals surface area contributed by atoms with Gasteiger partial charge in [-0.3, -0.25) is 14.3 Å². The third-order valence-electron chi connectivity index (χ3n) is 6.02. The molecule has 2 heterocycles. The normalized spacial score (nSPS) is 21.5. The summed E-state index contributed by atoms with van der Waals surface area (Å²) in [6, 6.07) is 20.2. The minimum absolute atomic E-state index is 0.0825. The van der Waals surface area contributed by atoms with Crippen LogP contribution < -0.4 is 11.2 Å². The largest absolute Gasteiger partial charge is 0.393 e. The number of nitrogens with one attached hydrogen (secondary N) is 1. The van der Waals surface area contributed by atoms with Gasteiger partial charge in [0.15, 0.2) is 5.72 Å². The summed E-state index contributed by atoms with van der Waals surface area (Å²) in [7, 11) is 0. The van der Waals surface area contributed by atoms with E-state index in [1.807, 2.05) is 60.7 Å². The molecule has 3 N–H and O–H groups in total. The Bertz CT molecular complexity index is 1170. The Morgan fingerprint density at radius 3 is 2.15 bits per heavy atom. The molecule has 3 aromatic rings. The maximum atomic E-state index is 12.7. The molecule has 0 saturated carbocycles. The van der Waals surface area contributed by atoms with E-state index in [0.717, 1.165) is 11.1 Å². The second-order valence-electron chi connectivity index (χ2n) is 8.38. The lowest BCUT2D eigenvalue weighted by molar-refractivity contribution is -0.218. The fraction of sp³-hybridized carbons (Fsp3) is 0.360. The summed E-state index contributed by atoms with van der Waals surface area (Å²) in [6.07, 6.45) is 0.662. The van der Waals surface area contributed by atoms with Gasteiger partial charge in [-0.2, -0.15) is 0 Å². The highest BCUT2D eigenvalue weighted by molar-refractivity contribution is 5.15. The Morgan fingerprint density at radius 1 is 0.941 bits per heavy atom. The Kier molecular flexibility index (Phi) is 7.40. The second-order valence-corrected chi connectivity index (χ2v) is 8.38. The second kappa shape index (κ2) is 10.5. The number of aliphatic hydroxyl groups is 2. The molecule has 0 amide bonds. The van der Waals surface area contributed by atoms with Crippen LogP contribution >= 0.6 is 0 Å². The molecule has 0 radical (unpaired) electrons. The zero-order chi connectivity index (χ0) is 24.0. The quantitative estimate of drug-likeness (QED) is 0.408. The first-order valence-electron chi connectivity index (χ1n) is 11.0. The van der Waals surface area contributed by atoms with E-state index < -0.39 is 41.9 Å². The van der Waals surface area contributed by atoms with Gasteiger partial charge < -0.3 is 24.4 Å². The van der Waals surface area contributed by atoms with Gasteiger partial charge in [0.25, 0.3) is 5.56 Å². The predicted molar refractivity (Wildman–Crippen MR) is 123 cm³/mol. The molecule has 1 aliphatic rings. The number of ether oxygens (including phenoxy) is 3. The Morgan fingerprint density at radius 2 is 1.56 bits per heavy atom. The highest BCUT2D eigenvalue weighted by atomic mass is 16.6. The first-order valence-corrected chi connectivity index (χ1v) is 11.0. The van der Waals surface area contributed by atoms with Gasteiger partial charge >= 0.3 is 5.69 Å². The molecule has 1 aliphatic heterocycles. The van der Waals surface area contributed by atoms with Crippen LogP contribution in [-0.4, -0.2) is 51.3 Å². The summed E-state index contributed by atoms with van der Waals surface area (Å²) in [5.41, 5.74) is -2.32. The van der Waals surface area contributed by atoms with Crippen molar-refractivity contribution in [2.24, 2.45) is 0 Å². The van der Waals surface area contributed by atoms with Gasteiger partial charge in [-0.05, 0) is 11.1 Å². The van der Waals surface area contributed by atoms with E-state index in [4.69, 9.17) is 14.2 Å². The van der Waals surface area contributed by atoms with Crippen LogP contribution in [0.15, 0.2) is 82.5 Å². The molecule has 34 heavy (non-hydrogen) atoms.